The molecule has 0 unspecified atom stereocenters. The van der Waals surface area contributed by atoms with E-state index in [9.17, 15) is 4.79 Å². The molecule has 150 valence electrons. The molecule has 27 heavy (non-hydrogen) atoms. The zero-order valence-corrected chi connectivity index (χ0v) is 18.9. The smallest absolute Gasteiger partial charge is 0.220 e. The Bertz CT molecular complexity index is 749. The Morgan fingerprint density at radius 3 is 2.74 bits per heavy atom. The number of alkyl halides is 1. The van der Waals surface area contributed by atoms with Crippen LogP contribution in [-0.4, -0.2) is 49.3 Å². The van der Waals surface area contributed by atoms with Crippen molar-refractivity contribution in [2.24, 2.45) is 5.92 Å². The fourth-order valence-electron chi connectivity index (χ4n) is 2.42. The van der Waals surface area contributed by atoms with Gasteiger partial charge in [0.15, 0.2) is 10.8 Å². The molecule has 2 aromatic rings. The molecule has 2 aromatic heterocycles. The molecule has 0 atom stereocenters. The maximum Gasteiger partial charge on any atom is 0.220 e. The van der Waals surface area contributed by atoms with E-state index in [0.29, 0.717) is 30.7 Å². The molecule has 9 heteroatoms. The van der Waals surface area contributed by atoms with Crippen molar-refractivity contribution in [2.45, 2.75) is 57.5 Å². The minimum Gasteiger partial charge on any atom is -0.369 e. The zero-order valence-electron chi connectivity index (χ0n) is 16.5. The number of hydrogen-bond acceptors (Lipinski definition) is 6. The molecule has 0 radical (unpaired) electrons. The van der Waals surface area contributed by atoms with Gasteiger partial charge in [-0.3, -0.25) is 4.79 Å². The summed E-state index contributed by atoms with van der Waals surface area (Å²) in [6.07, 6.45) is 3.17. The van der Waals surface area contributed by atoms with E-state index in [2.05, 4.69) is 64.3 Å². The van der Waals surface area contributed by atoms with Gasteiger partial charge >= 0.3 is 0 Å². The molecule has 0 aliphatic rings. The van der Waals surface area contributed by atoms with Crippen LogP contribution in [0.25, 0.3) is 11.0 Å². The molecule has 7 nitrogen and oxygen atoms in total. The highest BCUT2D eigenvalue weighted by atomic mass is 79.9. The number of amides is 1. The zero-order chi connectivity index (χ0) is 19.8. The van der Waals surface area contributed by atoms with Crippen LogP contribution in [0.15, 0.2) is 11.4 Å². The highest BCUT2D eigenvalue weighted by molar-refractivity contribution is 9.09. The first-order valence-corrected chi connectivity index (χ1v) is 11.4. The molecule has 0 fully saturated rings. The molecule has 2 rings (SSSR count). The van der Waals surface area contributed by atoms with E-state index in [0.717, 1.165) is 40.3 Å². The highest BCUT2D eigenvalue weighted by Crippen LogP contribution is 2.26. The number of carbonyl (C=O) groups excluding carboxylic acids is 1. The Hall–Kier alpha value is -1.35. The maximum absolute atomic E-state index is 11.8. The van der Waals surface area contributed by atoms with Gasteiger partial charge in [0, 0.05) is 30.1 Å². The number of aromatic nitrogens is 4. The molecular formula is C18H29BrN6OS. The molecule has 0 saturated carbocycles. The van der Waals surface area contributed by atoms with E-state index in [1.165, 1.54) is 0 Å². The highest BCUT2D eigenvalue weighted by Gasteiger charge is 2.14. The van der Waals surface area contributed by atoms with E-state index in [1.54, 1.807) is 18.0 Å². The monoisotopic (exact) mass is 456 g/mol. The first kappa shape index (κ1) is 21.9. The van der Waals surface area contributed by atoms with Gasteiger partial charge in [-0.2, -0.15) is 5.10 Å². The van der Waals surface area contributed by atoms with E-state index >= 15 is 0 Å². The van der Waals surface area contributed by atoms with Gasteiger partial charge in [-0.15, -0.1) is 0 Å². The van der Waals surface area contributed by atoms with Crippen LogP contribution in [0.4, 0.5) is 5.82 Å². The van der Waals surface area contributed by atoms with Crippen molar-refractivity contribution in [2.75, 3.05) is 23.7 Å². The Kier molecular flexibility index (Phi) is 8.82. The average Bonchev–Trinajstić information content (AvgIpc) is 3.00. The first-order chi connectivity index (χ1) is 12.9. The standard InChI is InChI=1S/C18H29BrN6OS/c1-12(2)10-21-16-14-11-22-25(9-8-20-15(26)6-5-7-19)17(14)24-18(23-16)27-13(3)4/h11-13H,5-10H2,1-4H3,(H,20,26)(H,21,23,24). The summed E-state index contributed by atoms with van der Waals surface area (Å²) in [7, 11) is 0. The van der Waals surface area contributed by atoms with Gasteiger partial charge in [-0.05, 0) is 12.3 Å². The maximum atomic E-state index is 11.8. The lowest BCUT2D eigenvalue weighted by Crippen LogP contribution is -2.27. The summed E-state index contributed by atoms with van der Waals surface area (Å²) < 4.78 is 1.84. The van der Waals surface area contributed by atoms with Crippen LogP contribution in [-0.2, 0) is 11.3 Å². The second-order valence-electron chi connectivity index (χ2n) is 7.04. The second-order valence-corrected chi connectivity index (χ2v) is 9.38. The van der Waals surface area contributed by atoms with E-state index < -0.39 is 0 Å². The molecule has 0 saturated heterocycles. The first-order valence-electron chi connectivity index (χ1n) is 9.37. The van der Waals surface area contributed by atoms with Crippen LogP contribution in [0.1, 0.15) is 40.5 Å². The SMILES string of the molecule is CC(C)CNc1nc(SC(C)C)nc2c1cnn2CCNC(=O)CCCBr. The normalized spacial score (nSPS) is 11.5. The number of nitrogens with one attached hydrogen (secondary N) is 2. The predicted molar refractivity (Wildman–Crippen MR) is 116 cm³/mol. The lowest BCUT2D eigenvalue weighted by Gasteiger charge is -2.12. The lowest BCUT2D eigenvalue weighted by atomic mass is 10.2. The average molecular weight is 457 g/mol. The van der Waals surface area contributed by atoms with E-state index in [-0.39, 0.29) is 5.91 Å². The molecule has 2 heterocycles. The third-order valence-electron chi connectivity index (χ3n) is 3.68. The number of nitrogens with zero attached hydrogens (tertiary/aromatic N) is 4. The summed E-state index contributed by atoms with van der Waals surface area (Å²) in [5, 5.41) is 13.7. The van der Waals surface area contributed by atoms with E-state index in [4.69, 9.17) is 4.98 Å². The summed E-state index contributed by atoms with van der Waals surface area (Å²) in [5.41, 5.74) is 0.800. The van der Waals surface area contributed by atoms with Gasteiger partial charge in [0.05, 0.1) is 18.1 Å². The minimum absolute atomic E-state index is 0.0656. The number of thioether (sulfide) groups is 1. The van der Waals surface area contributed by atoms with Crippen molar-refractivity contribution in [1.82, 2.24) is 25.1 Å². The molecule has 1 amide bonds. The Balaban J connectivity index is 2.16. The Labute approximate surface area is 173 Å². The third kappa shape index (κ3) is 6.95. The van der Waals surface area contributed by atoms with Crippen molar-refractivity contribution in [3.8, 4) is 0 Å². The Morgan fingerprint density at radius 2 is 2.07 bits per heavy atom. The van der Waals surface area contributed by atoms with Crippen molar-refractivity contribution >= 4 is 50.5 Å². The molecular weight excluding hydrogens is 428 g/mol. The van der Waals surface area contributed by atoms with Gasteiger partial charge in [-0.1, -0.05) is 55.4 Å². The van der Waals surface area contributed by atoms with Crippen molar-refractivity contribution in [3.63, 3.8) is 0 Å². The molecule has 0 aliphatic carbocycles. The van der Waals surface area contributed by atoms with Crippen molar-refractivity contribution < 1.29 is 4.79 Å². The Morgan fingerprint density at radius 1 is 1.30 bits per heavy atom. The topological polar surface area (TPSA) is 84.7 Å². The third-order valence-corrected chi connectivity index (χ3v) is 5.10. The summed E-state index contributed by atoms with van der Waals surface area (Å²) in [4.78, 5) is 21.2. The fraction of sp³-hybridized carbons (Fsp3) is 0.667. The minimum atomic E-state index is 0.0656. The van der Waals surface area contributed by atoms with Crippen LogP contribution in [0.5, 0.6) is 0 Å². The van der Waals surface area contributed by atoms with Gasteiger partial charge in [0.2, 0.25) is 5.91 Å². The second kappa shape index (κ2) is 10.8. The number of anilines is 1. The van der Waals surface area contributed by atoms with Crippen molar-refractivity contribution in [1.29, 1.82) is 0 Å². The van der Waals surface area contributed by atoms with Crippen LogP contribution in [0.2, 0.25) is 0 Å². The van der Waals surface area contributed by atoms with Gasteiger partial charge in [0.1, 0.15) is 5.82 Å². The van der Waals surface area contributed by atoms with Crippen LogP contribution >= 0.6 is 27.7 Å². The van der Waals surface area contributed by atoms with Gasteiger partial charge < -0.3 is 10.6 Å². The quantitative estimate of drug-likeness (QED) is 0.304. The summed E-state index contributed by atoms with van der Waals surface area (Å²) in [5.74, 6) is 1.40. The molecule has 0 aliphatic heterocycles. The molecule has 2 N–H and O–H groups in total. The summed E-state index contributed by atoms with van der Waals surface area (Å²) >= 11 is 4.97. The van der Waals surface area contributed by atoms with Gasteiger partial charge in [0.25, 0.3) is 0 Å². The largest absolute Gasteiger partial charge is 0.369 e. The lowest BCUT2D eigenvalue weighted by molar-refractivity contribution is -0.121. The van der Waals surface area contributed by atoms with Crippen molar-refractivity contribution in [3.05, 3.63) is 6.20 Å². The number of carbonyl (C=O) groups is 1. The van der Waals surface area contributed by atoms with Crippen LogP contribution in [0, 0.1) is 5.92 Å². The summed E-state index contributed by atoms with van der Waals surface area (Å²) in [6, 6.07) is 0. The molecule has 0 aromatic carbocycles. The number of halogens is 1. The predicted octanol–water partition coefficient (Wildman–Crippen LogP) is 3.69. The number of hydrogen-bond donors (Lipinski definition) is 2. The number of fused-ring (bicyclic) bond motifs is 1. The fourth-order valence-corrected chi connectivity index (χ4v) is 3.40. The van der Waals surface area contributed by atoms with Crippen LogP contribution < -0.4 is 10.6 Å². The van der Waals surface area contributed by atoms with Crippen LogP contribution in [0.3, 0.4) is 0 Å². The molecule has 0 spiro atoms. The molecule has 0 bridgehead atoms. The van der Waals surface area contributed by atoms with Gasteiger partial charge in [-0.25, -0.2) is 14.6 Å². The number of rotatable bonds is 11. The van der Waals surface area contributed by atoms with E-state index in [1.807, 2.05) is 4.68 Å². The summed E-state index contributed by atoms with van der Waals surface area (Å²) in [6.45, 7) is 10.5.